The van der Waals surface area contributed by atoms with Crippen LogP contribution in [0.1, 0.15) is 12.5 Å². The predicted molar refractivity (Wildman–Crippen MR) is 77.0 cm³/mol. The van der Waals surface area contributed by atoms with Gasteiger partial charge in [-0.25, -0.2) is 0 Å². The Morgan fingerprint density at radius 2 is 2.21 bits per heavy atom. The van der Waals surface area contributed by atoms with Crippen LogP contribution in [0.2, 0.25) is 0 Å². The van der Waals surface area contributed by atoms with Crippen LogP contribution in [0.5, 0.6) is 5.75 Å². The molecular formula is C14H23N3O2. The molecule has 0 saturated heterocycles. The Bertz CT molecular complexity index is 435. The molecule has 3 N–H and O–H groups in total. The van der Waals surface area contributed by atoms with Crippen molar-refractivity contribution in [3.63, 3.8) is 0 Å². The third-order valence-corrected chi connectivity index (χ3v) is 3.03. The molecule has 19 heavy (non-hydrogen) atoms. The summed E-state index contributed by atoms with van der Waals surface area (Å²) in [5.41, 5.74) is 7.60. The summed E-state index contributed by atoms with van der Waals surface area (Å²) in [4.78, 5) is 13.6. The molecule has 0 aliphatic rings. The van der Waals surface area contributed by atoms with Crippen molar-refractivity contribution in [3.8, 4) is 5.75 Å². The Morgan fingerprint density at radius 3 is 2.74 bits per heavy atom. The second-order valence-corrected chi connectivity index (χ2v) is 4.79. The zero-order valence-corrected chi connectivity index (χ0v) is 12.1. The number of nitrogens with zero attached hydrogens (tertiary/aromatic N) is 1. The normalized spacial score (nSPS) is 12.3. The largest absolute Gasteiger partial charge is 0.495 e. The highest BCUT2D eigenvalue weighted by atomic mass is 16.5. The molecule has 1 atom stereocenters. The molecule has 1 aromatic rings. The Labute approximate surface area is 114 Å². The molecule has 0 radical (unpaired) electrons. The van der Waals surface area contributed by atoms with E-state index < -0.39 is 0 Å². The van der Waals surface area contributed by atoms with Crippen molar-refractivity contribution in [2.45, 2.75) is 13.5 Å². The number of methoxy groups -OCH3 is 1. The number of rotatable bonds is 6. The molecule has 0 aromatic heterocycles. The van der Waals surface area contributed by atoms with Gasteiger partial charge in [-0.3, -0.25) is 4.79 Å². The Hall–Kier alpha value is -1.75. The zero-order chi connectivity index (χ0) is 14.4. The van der Waals surface area contributed by atoms with E-state index in [2.05, 4.69) is 10.2 Å². The number of nitrogen functional groups attached to an aromatic ring is 1. The topological polar surface area (TPSA) is 67.6 Å². The van der Waals surface area contributed by atoms with Crippen molar-refractivity contribution in [1.29, 1.82) is 0 Å². The predicted octanol–water partition coefficient (Wildman–Crippen LogP) is 1.09. The van der Waals surface area contributed by atoms with Crippen LogP contribution in [-0.4, -0.2) is 38.6 Å². The van der Waals surface area contributed by atoms with Crippen molar-refractivity contribution in [2.75, 3.05) is 33.5 Å². The lowest BCUT2D eigenvalue weighted by Crippen LogP contribution is -2.34. The molecule has 0 saturated carbocycles. The van der Waals surface area contributed by atoms with Gasteiger partial charge in [-0.1, -0.05) is 13.0 Å². The molecule has 0 fully saturated rings. The molecule has 1 unspecified atom stereocenters. The van der Waals surface area contributed by atoms with Gasteiger partial charge in [-0.15, -0.1) is 0 Å². The Morgan fingerprint density at radius 1 is 1.53 bits per heavy atom. The van der Waals surface area contributed by atoms with Crippen LogP contribution in [0.4, 0.5) is 5.69 Å². The number of hydrogen-bond donors (Lipinski definition) is 2. The van der Waals surface area contributed by atoms with E-state index in [4.69, 9.17) is 10.5 Å². The number of ether oxygens (including phenoxy) is 1. The molecule has 0 aliphatic heterocycles. The average Bonchev–Trinajstić information content (AvgIpc) is 2.37. The van der Waals surface area contributed by atoms with Gasteiger partial charge in [-0.2, -0.15) is 0 Å². The molecule has 5 heteroatoms. The number of carbonyl (C=O) groups excluding carboxylic acids is 1. The Balaban J connectivity index is 2.59. The quantitative estimate of drug-likeness (QED) is 0.756. The lowest BCUT2D eigenvalue weighted by atomic mass is 10.1. The summed E-state index contributed by atoms with van der Waals surface area (Å²) in [5, 5.41) is 2.66. The lowest BCUT2D eigenvalue weighted by molar-refractivity contribution is -0.124. The molecule has 106 valence electrons. The van der Waals surface area contributed by atoms with E-state index in [9.17, 15) is 4.79 Å². The van der Waals surface area contributed by atoms with Crippen LogP contribution in [0.3, 0.4) is 0 Å². The van der Waals surface area contributed by atoms with E-state index in [0.29, 0.717) is 18.0 Å². The Kier molecular flexibility index (Phi) is 5.63. The minimum atomic E-state index is -0.0365. The number of anilines is 1. The maximum absolute atomic E-state index is 11.5. The number of hydrogen-bond acceptors (Lipinski definition) is 4. The first-order valence-corrected chi connectivity index (χ1v) is 6.30. The summed E-state index contributed by atoms with van der Waals surface area (Å²) in [6.07, 6.45) is 0. The fourth-order valence-corrected chi connectivity index (χ4v) is 2.06. The molecule has 1 rings (SSSR count). The summed E-state index contributed by atoms with van der Waals surface area (Å²) in [6.45, 7) is 3.36. The van der Waals surface area contributed by atoms with Crippen LogP contribution in [0.15, 0.2) is 18.2 Å². The van der Waals surface area contributed by atoms with E-state index in [1.54, 1.807) is 14.2 Å². The maximum Gasteiger partial charge on any atom is 0.223 e. The van der Waals surface area contributed by atoms with Crippen LogP contribution in [-0.2, 0) is 11.3 Å². The maximum atomic E-state index is 11.5. The van der Waals surface area contributed by atoms with Crippen molar-refractivity contribution in [2.24, 2.45) is 5.92 Å². The summed E-state index contributed by atoms with van der Waals surface area (Å²) in [6, 6.07) is 5.75. The zero-order valence-electron chi connectivity index (χ0n) is 12.1. The number of nitrogens with one attached hydrogen (secondary N) is 1. The lowest BCUT2D eigenvalue weighted by Gasteiger charge is -2.20. The van der Waals surface area contributed by atoms with Gasteiger partial charge in [0.1, 0.15) is 5.75 Å². The molecular weight excluding hydrogens is 242 g/mol. The number of nitrogens with two attached hydrogens (primary N) is 1. The first-order valence-electron chi connectivity index (χ1n) is 6.30. The van der Waals surface area contributed by atoms with Gasteiger partial charge in [0.2, 0.25) is 5.91 Å². The van der Waals surface area contributed by atoms with E-state index >= 15 is 0 Å². The first-order chi connectivity index (χ1) is 8.97. The summed E-state index contributed by atoms with van der Waals surface area (Å²) in [5.74, 6) is 0.705. The van der Waals surface area contributed by atoms with Gasteiger partial charge in [0, 0.05) is 26.1 Å². The van der Waals surface area contributed by atoms with E-state index in [1.807, 2.05) is 32.2 Å². The third-order valence-electron chi connectivity index (χ3n) is 3.03. The molecule has 0 aliphatic carbocycles. The molecule has 1 aromatic carbocycles. The summed E-state index contributed by atoms with van der Waals surface area (Å²) in [7, 11) is 5.24. The minimum Gasteiger partial charge on any atom is -0.495 e. The second-order valence-electron chi connectivity index (χ2n) is 4.79. The van der Waals surface area contributed by atoms with Crippen molar-refractivity contribution in [3.05, 3.63) is 23.8 Å². The highest BCUT2D eigenvalue weighted by Crippen LogP contribution is 2.22. The highest BCUT2D eigenvalue weighted by Gasteiger charge is 2.13. The molecule has 0 spiro atoms. The average molecular weight is 265 g/mol. The summed E-state index contributed by atoms with van der Waals surface area (Å²) >= 11 is 0. The van der Waals surface area contributed by atoms with Crippen LogP contribution < -0.4 is 15.8 Å². The minimum absolute atomic E-state index is 0.0365. The van der Waals surface area contributed by atoms with Gasteiger partial charge in [0.25, 0.3) is 0 Å². The van der Waals surface area contributed by atoms with E-state index in [1.165, 1.54) is 0 Å². The standard InChI is InChI=1S/C14H23N3O2/c1-10(14(18)16-2)8-17(3)9-11-5-6-13(19-4)12(15)7-11/h5-7,10H,8-9,15H2,1-4H3,(H,16,18). The van der Waals surface area contributed by atoms with Gasteiger partial charge < -0.3 is 20.7 Å². The monoisotopic (exact) mass is 265 g/mol. The van der Waals surface area contributed by atoms with Crippen LogP contribution in [0, 0.1) is 5.92 Å². The number of carbonyl (C=O) groups is 1. The van der Waals surface area contributed by atoms with Crippen molar-refractivity contribution in [1.82, 2.24) is 10.2 Å². The third kappa shape index (κ3) is 4.44. The first kappa shape index (κ1) is 15.3. The van der Waals surface area contributed by atoms with E-state index in [-0.39, 0.29) is 11.8 Å². The molecule has 5 nitrogen and oxygen atoms in total. The summed E-state index contributed by atoms with van der Waals surface area (Å²) < 4.78 is 5.12. The fourth-order valence-electron chi connectivity index (χ4n) is 2.06. The van der Waals surface area contributed by atoms with Crippen LogP contribution in [0.25, 0.3) is 0 Å². The van der Waals surface area contributed by atoms with E-state index in [0.717, 1.165) is 12.1 Å². The van der Waals surface area contributed by atoms with Crippen LogP contribution >= 0.6 is 0 Å². The molecule has 1 amide bonds. The SMILES string of the molecule is CNC(=O)C(C)CN(C)Cc1ccc(OC)c(N)c1. The van der Waals surface area contributed by atoms with Crippen molar-refractivity contribution < 1.29 is 9.53 Å². The number of benzene rings is 1. The van der Waals surface area contributed by atoms with Crippen molar-refractivity contribution >= 4 is 11.6 Å². The fraction of sp³-hybridized carbons (Fsp3) is 0.500. The van der Waals surface area contributed by atoms with Gasteiger partial charge >= 0.3 is 0 Å². The molecule has 0 bridgehead atoms. The molecule has 0 heterocycles. The van der Waals surface area contributed by atoms with Gasteiger partial charge in [-0.05, 0) is 24.7 Å². The smallest absolute Gasteiger partial charge is 0.223 e. The number of amides is 1. The second kappa shape index (κ2) is 6.99. The van der Waals surface area contributed by atoms with Gasteiger partial charge in [0.05, 0.1) is 12.8 Å². The van der Waals surface area contributed by atoms with Gasteiger partial charge in [0.15, 0.2) is 0 Å². The highest BCUT2D eigenvalue weighted by molar-refractivity contribution is 5.78.